The average Bonchev–Trinajstić information content (AvgIpc) is 3.24. The average molecular weight is 420 g/mol. The Morgan fingerprint density at radius 2 is 1.73 bits per heavy atom. The summed E-state index contributed by atoms with van der Waals surface area (Å²) in [5.74, 6) is -2.26. The number of carbonyl (C=O) groups excluding carboxylic acids is 1. The number of carbonyl (C=O) groups is 1. The first-order valence-electron chi connectivity index (χ1n) is 9.12. The summed E-state index contributed by atoms with van der Waals surface area (Å²) in [7, 11) is 0. The van der Waals surface area contributed by atoms with Crippen molar-refractivity contribution in [2.45, 2.75) is 6.18 Å². The summed E-state index contributed by atoms with van der Waals surface area (Å²) in [5, 5.41) is 3.35. The fourth-order valence-corrected chi connectivity index (χ4v) is 3.27. The molecule has 4 rings (SSSR count). The largest absolute Gasteiger partial charge is 0.471 e. The van der Waals surface area contributed by atoms with Crippen molar-refractivity contribution in [3.05, 3.63) is 65.8 Å². The molecule has 0 atom stereocenters. The van der Waals surface area contributed by atoms with E-state index in [9.17, 15) is 22.4 Å². The van der Waals surface area contributed by atoms with Crippen LogP contribution >= 0.6 is 0 Å². The van der Waals surface area contributed by atoms with Crippen LogP contribution in [0, 0.1) is 5.82 Å². The normalized spacial score (nSPS) is 14.8. The molecule has 1 amide bonds. The van der Waals surface area contributed by atoms with Crippen LogP contribution in [-0.2, 0) is 6.18 Å². The fourth-order valence-electron chi connectivity index (χ4n) is 3.27. The van der Waals surface area contributed by atoms with Gasteiger partial charge in [0.25, 0.3) is 5.91 Å². The molecule has 156 valence electrons. The van der Waals surface area contributed by atoms with E-state index in [-0.39, 0.29) is 23.1 Å². The van der Waals surface area contributed by atoms with Crippen molar-refractivity contribution >= 4 is 11.6 Å². The van der Waals surface area contributed by atoms with Crippen molar-refractivity contribution in [2.24, 2.45) is 0 Å². The molecular weight excluding hydrogens is 404 g/mol. The lowest BCUT2D eigenvalue weighted by Crippen LogP contribution is -2.48. The maximum Gasteiger partial charge on any atom is 0.471 e. The van der Waals surface area contributed by atoms with Gasteiger partial charge in [-0.1, -0.05) is 23.4 Å². The monoisotopic (exact) mass is 420 g/mol. The predicted molar refractivity (Wildman–Crippen MR) is 99.3 cm³/mol. The number of rotatable bonds is 3. The van der Waals surface area contributed by atoms with Crippen LogP contribution in [0.3, 0.4) is 0 Å². The Balaban J connectivity index is 1.46. The second-order valence-corrected chi connectivity index (χ2v) is 6.76. The lowest BCUT2D eigenvalue weighted by molar-refractivity contribution is -0.159. The second-order valence-electron chi connectivity index (χ2n) is 6.76. The summed E-state index contributed by atoms with van der Waals surface area (Å²) >= 11 is 0. The number of piperazine rings is 1. The third kappa shape index (κ3) is 4.12. The van der Waals surface area contributed by atoms with E-state index < -0.39 is 12.1 Å². The van der Waals surface area contributed by atoms with Gasteiger partial charge >= 0.3 is 12.1 Å². The molecule has 10 heteroatoms. The third-order valence-electron chi connectivity index (χ3n) is 4.78. The molecule has 0 radical (unpaired) electrons. The van der Waals surface area contributed by atoms with Gasteiger partial charge in [0.05, 0.1) is 0 Å². The van der Waals surface area contributed by atoms with Crippen LogP contribution in [-0.4, -0.2) is 47.1 Å². The fraction of sp³-hybridized carbons (Fsp3) is 0.250. The third-order valence-corrected chi connectivity index (χ3v) is 4.78. The van der Waals surface area contributed by atoms with Gasteiger partial charge in [-0.15, -0.1) is 0 Å². The van der Waals surface area contributed by atoms with Gasteiger partial charge in [0.1, 0.15) is 5.82 Å². The second kappa shape index (κ2) is 7.77. The standard InChI is InChI=1S/C20H16F4N4O2/c21-15-5-2-6-16(12-15)27-7-9-28(10-8-27)18(29)14-4-1-3-13(11-14)17-25-19(30-26-17)20(22,23)24/h1-6,11-12H,7-10H2. The molecule has 2 heterocycles. The van der Waals surface area contributed by atoms with Crippen molar-refractivity contribution < 1.29 is 26.9 Å². The van der Waals surface area contributed by atoms with E-state index in [1.807, 2.05) is 11.0 Å². The molecule has 0 bridgehead atoms. The molecule has 1 fully saturated rings. The van der Waals surface area contributed by atoms with Crippen molar-refractivity contribution in [1.29, 1.82) is 0 Å². The Bertz CT molecular complexity index is 1060. The topological polar surface area (TPSA) is 62.5 Å². The first-order chi connectivity index (χ1) is 14.3. The van der Waals surface area contributed by atoms with Gasteiger partial charge in [0.15, 0.2) is 0 Å². The molecule has 0 unspecified atom stereocenters. The zero-order valence-electron chi connectivity index (χ0n) is 15.6. The molecule has 0 spiro atoms. The summed E-state index contributed by atoms with van der Waals surface area (Å²) in [6.07, 6.45) is -4.74. The molecule has 1 aliphatic rings. The molecule has 1 saturated heterocycles. The van der Waals surface area contributed by atoms with E-state index in [0.29, 0.717) is 31.7 Å². The lowest BCUT2D eigenvalue weighted by Gasteiger charge is -2.36. The van der Waals surface area contributed by atoms with Crippen molar-refractivity contribution in [2.75, 3.05) is 31.1 Å². The molecular formula is C20H16F4N4O2. The summed E-state index contributed by atoms with van der Waals surface area (Å²) in [5.41, 5.74) is 1.31. The Labute approximate surface area is 168 Å². The number of anilines is 1. The number of benzene rings is 2. The summed E-state index contributed by atoms with van der Waals surface area (Å²) in [6, 6.07) is 12.3. The summed E-state index contributed by atoms with van der Waals surface area (Å²) in [4.78, 5) is 19.8. The van der Waals surface area contributed by atoms with Crippen molar-refractivity contribution in [3.63, 3.8) is 0 Å². The van der Waals surface area contributed by atoms with Crippen LogP contribution in [0.2, 0.25) is 0 Å². The minimum Gasteiger partial charge on any atom is -0.368 e. The Kier molecular flexibility index (Phi) is 5.15. The first-order valence-corrected chi connectivity index (χ1v) is 9.12. The quantitative estimate of drug-likeness (QED) is 0.603. The number of hydrogen-bond donors (Lipinski definition) is 0. The van der Waals surface area contributed by atoms with Crippen LogP contribution in [0.25, 0.3) is 11.4 Å². The highest BCUT2D eigenvalue weighted by atomic mass is 19.4. The number of aromatic nitrogens is 2. The molecule has 3 aromatic rings. The Hall–Kier alpha value is -3.43. The zero-order valence-corrected chi connectivity index (χ0v) is 15.6. The minimum absolute atomic E-state index is 0.243. The lowest BCUT2D eigenvalue weighted by atomic mass is 10.1. The van der Waals surface area contributed by atoms with Gasteiger partial charge in [0.2, 0.25) is 5.82 Å². The number of alkyl halides is 3. The van der Waals surface area contributed by atoms with E-state index >= 15 is 0 Å². The van der Waals surface area contributed by atoms with Gasteiger partial charge in [-0.25, -0.2) is 4.39 Å². The number of nitrogens with zero attached hydrogens (tertiary/aromatic N) is 4. The highest BCUT2D eigenvalue weighted by molar-refractivity contribution is 5.95. The van der Waals surface area contributed by atoms with Gasteiger partial charge in [-0.2, -0.15) is 18.2 Å². The number of amides is 1. The van der Waals surface area contributed by atoms with Gasteiger partial charge in [0, 0.05) is 43.0 Å². The predicted octanol–water partition coefficient (Wildman–Crippen LogP) is 3.86. The first kappa shape index (κ1) is 19.9. The van der Waals surface area contributed by atoms with E-state index in [0.717, 1.165) is 5.69 Å². The van der Waals surface area contributed by atoms with E-state index in [4.69, 9.17) is 0 Å². The van der Waals surface area contributed by atoms with E-state index in [1.165, 1.54) is 24.3 Å². The number of halogens is 4. The minimum atomic E-state index is -4.74. The summed E-state index contributed by atoms with van der Waals surface area (Å²) < 4.78 is 55.7. The van der Waals surface area contributed by atoms with Gasteiger partial charge in [-0.3, -0.25) is 4.79 Å². The van der Waals surface area contributed by atoms with Crippen LogP contribution in [0.1, 0.15) is 16.2 Å². The van der Waals surface area contributed by atoms with Gasteiger partial charge < -0.3 is 14.3 Å². The van der Waals surface area contributed by atoms with Crippen molar-refractivity contribution in [3.8, 4) is 11.4 Å². The highest BCUT2D eigenvalue weighted by Crippen LogP contribution is 2.29. The van der Waals surface area contributed by atoms with Gasteiger partial charge in [-0.05, 0) is 30.3 Å². The summed E-state index contributed by atoms with van der Waals surface area (Å²) in [6.45, 7) is 1.93. The molecule has 2 aromatic carbocycles. The van der Waals surface area contributed by atoms with Crippen LogP contribution in [0.5, 0.6) is 0 Å². The Morgan fingerprint density at radius 1 is 1.00 bits per heavy atom. The molecule has 0 aliphatic carbocycles. The van der Waals surface area contributed by atoms with E-state index in [2.05, 4.69) is 14.7 Å². The maximum atomic E-state index is 13.4. The molecule has 0 N–H and O–H groups in total. The van der Waals surface area contributed by atoms with Crippen molar-refractivity contribution in [1.82, 2.24) is 15.0 Å². The molecule has 1 aromatic heterocycles. The molecule has 30 heavy (non-hydrogen) atoms. The molecule has 0 saturated carbocycles. The zero-order chi connectivity index (χ0) is 21.3. The Morgan fingerprint density at radius 3 is 2.40 bits per heavy atom. The highest BCUT2D eigenvalue weighted by Gasteiger charge is 2.38. The van der Waals surface area contributed by atoms with Crippen LogP contribution < -0.4 is 4.90 Å². The number of hydrogen-bond acceptors (Lipinski definition) is 5. The molecule has 6 nitrogen and oxygen atoms in total. The smallest absolute Gasteiger partial charge is 0.368 e. The SMILES string of the molecule is O=C(c1cccc(-c2noc(C(F)(F)F)n2)c1)N1CCN(c2cccc(F)c2)CC1. The maximum absolute atomic E-state index is 13.4. The van der Waals surface area contributed by atoms with Crippen LogP contribution in [0.15, 0.2) is 53.1 Å². The van der Waals surface area contributed by atoms with Crippen LogP contribution in [0.4, 0.5) is 23.2 Å². The molecule has 1 aliphatic heterocycles. The van der Waals surface area contributed by atoms with E-state index in [1.54, 1.807) is 23.1 Å².